The van der Waals surface area contributed by atoms with Crippen LogP contribution in [0.25, 0.3) is 0 Å². The van der Waals surface area contributed by atoms with Crippen molar-refractivity contribution in [3.8, 4) is 11.5 Å². The van der Waals surface area contributed by atoms with Crippen LogP contribution in [0.4, 0.5) is 0 Å². The van der Waals surface area contributed by atoms with E-state index in [4.69, 9.17) is 9.47 Å². The lowest BCUT2D eigenvalue weighted by atomic mass is 10.1. The summed E-state index contributed by atoms with van der Waals surface area (Å²) in [6.45, 7) is 2.35. The second-order valence-electron chi connectivity index (χ2n) is 4.39. The van der Waals surface area contributed by atoms with Crippen molar-refractivity contribution in [3.05, 3.63) is 59.2 Å². The number of hydrogen-bond acceptors (Lipinski definition) is 3. The zero-order chi connectivity index (χ0) is 13.7. The fraction of sp³-hybridized carbons (Fsp3) is 0.250. The first-order valence-corrected chi connectivity index (χ1v) is 6.19. The van der Waals surface area contributed by atoms with Gasteiger partial charge in [-0.05, 0) is 30.2 Å². The van der Waals surface area contributed by atoms with Gasteiger partial charge in [0, 0.05) is 5.56 Å². The Morgan fingerprint density at radius 2 is 1.84 bits per heavy atom. The highest BCUT2D eigenvalue weighted by atomic mass is 16.5. The number of ether oxygens (including phenoxy) is 2. The molecule has 0 aliphatic carbocycles. The predicted octanol–water partition coefficient (Wildman–Crippen LogP) is 3.07. The molecule has 100 valence electrons. The maximum Gasteiger partial charge on any atom is 0.167 e. The van der Waals surface area contributed by atoms with Crippen LogP contribution in [0.5, 0.6) is 11.5 Å². The number of hydrogen-bond donors (Lipinski definition) is 1. The minimum Gasteiger partial charge on any atom is -0.493 e. The molecule has 0 fully saturated rings. The molecule has 0 bridgehead atoms. The van der Waals surface area contributed by atoms with Crippen molar-refractivity contribution in [3.63, 3.8) is 0 Å². The molecule has 0 radical (unpaired) electrons. The molecule has 2 aromatic rings. The Morgan fingerprint density at radius 3 is 2.47 bits per heavy atom. The van der Waals surface area contributed by atoms with Gasteiger partial charge in [-0.2, -0.15) is 0 Å². The summed E-state index contributed by atoms with van der Waals surface area (Å²) >= 11 is 0. The predicted molar refractivity (Wildman–Crippen MR) is 74.4 cm³/mol. The molecule has 0 aliphatic rings. The second kappa shape index (κ2) is 6.25. The molecule has 2 rings (SSSR count). The third-order valence-corrected chi connectivity index (χ3v) is 2.89. The molecule has 0 aliphatic heterocycles. The van der Waals surface area contributed by atoms with Crippen molar-refractivity contribution in [2.24, 2.45) is 0 Å². The highest BCUT2D eigenvalue weighted by Crippen LogP contribution is 2.33. The highest BCUT2D eigenvalue weighted by Gasteiger charge is 2.11. The fourth-order valence-electron chi connectivity index (χ4n) is 1.98. The molecule has 0 saturated heterocycles. The van der Waals surface area contributed by atoms with Crippen molar-refractivity contribution in [2.75, 3.05) is 7.11 Å². The minimum atomic E-state index is -0.0673. The Morgan fingerprint density at radius 1 is 1.11 bits per heavy atom. The Balaban J connectivity index is 2.23. The van der Waals surface area contributed by atoms with E-state index in [0.29, 0.717) is 18.1 Å². The van der Waals surface area contributed by atoms with E-state index in [1.54, 1.807) is 7.11 Å². The lowest BCUT2D eigenvalue weighted by Gasteiger charge is -2.15. The first kappa shape index (κ1) is 13.4. The number of rotatable bonds is 5. The summed E-state index contributed by atoms with van der Waals surface area (Å²) in [5.74, 6) is 1.26. The second-order valence-corrected chi connectivity index (χ2v) is 4.39. The van der Waals surface area contributed by atoms with E-state index in [1.807, 2.05) is 49.4 Å². The number of methoxy groups -OCH3 is 1. The van der Waals surface area contributed by atoms with Crippen LogP contribution in [0.1, 0.15) is 16.7 Å². The molecular weight excluding hydrogens is 240 g/mol. The molecule has 0 heterocycles. The standard InChI is InChI=1S/C16H18O3/c1-12-8-14(10-17)16(15(9-12)18-2)19-11-13-6-4-3-5-7-13/h3-9,17H,10-11H2,1-2H3. The van der Waals surface area contributed by atoms with Gasteiger partial charge in [-0.15, -0.1) is 0 Å². The topological polar surface area (TPSA) is 38.7 Å². The van der Waals surface area contributed by atoms with E-state index >= 15 is 0 Å². The van der Waals surface area contributed by atoms with Crippen LogP contribution in [0, 0.1) is 6.92 Å². The Bertz CT molecular complexity index is 510. The molecule has 0 saturated carbocycles. The van der Waals surface area contributed by atoms with Gasteiger partial charge in [0.25, 0.3) is 0 Å². The summed E-state index contributed by atoms with van der Waals surface area (Å²) in [5.41, 5.74) is 2.86. The average Bonchev–Trinajstić information content (AvgIpc) is 2.46. The highest BCUT2D eigenvalue weighted by molar-refractivity contribution is 5.49. The Kier molecular flexibility index (Phi) is 4.42. The molecule has 0 spiro atoms. The van der Waals surface area contributed by atoms with Gasteiger partial charge < -0.3 is 14.6 Å². The van der Waals surface area contributed by atoms with E-state index in [2.05, 4.69) is 0 Å². The summed E-state index contributed by atoms with van der Waals surface area (Å²) in [6, 6.07) is 13.7. The third-order valence-electron chi connectivity index (χ3n) is 2.89. The summed E-state index contributed by atoms with van der Waals surface area (Å²) in [6.07, 6.45) is 0. The smallest absolute Gasteiger partial charge is 0.167 e. The summed E-state index contributed by atoms with van der Waals surface area (Å²) in [4.78, 5) is 0. The number of aryl methyl sites for hydroxylation is 1. The van der Waals surface area contributed by atoms with Gasteiger partial charge in [0.2, 0.25) is 0 Å². The van der Waals surface area contributed by atoms with Gasteiger partial charge in [0.1, 0.15) is 6.61 Å². The maximum absolute atomic E-state index is 9.42. The van der Waals surface area contributed by atoms with E-state index in [0.717, 1.165) is 16.7 Å². The van der Waals surface area contributed by atoms with Gasteiger partial charge >= 0.3 is 0 Å². The molecule has 2 aromatic carbocycles. The first-order valence-electron chi connectivity index (χ1n) is 6.19. The minimum absolute atomic E-state index is 0.0673. The van der Waals surface area contributed by atoms with E-state index in [9.17, 15) is 5.11 Å². The molecular formula is C16H18O3. The molecule has 0 unspecified atom stereocenters. The van der Waals surface area contributed by atoms with Gasteiger partial charge in [-0.3, -0.25) is 0 Å². The Labute approximate surface area is 113 Å². The number of benzene rings is 2. The van der Waals surface area contributed by atoms with Crippen molar-refractivity contribution in [1.29, 1.82) is 0 Å². The number of aliphatic hydroxyl groups is 1. The molecule has 0 atom stereocenters. The quantitative estimate of drug-likeness (QED) is 0.895. The van der Waals surface area contributed by atoms with Crippen LogP contribution in [0.15, 0.2) is 42.5 Å². The van der Waals surface area contributed by atoms with Crippen LogP contribution in [-0.2, 0) is 13.2 Å². The SMILES string of the molecule is COc1cc(C)cc(CO)c1OCc1ccccc1. The van der Waals surface area contributed by atoms with Crippen molar-refractivity contribution >= 4 is 0 Å². The van der Waals surface area contributed by atoms with Crippen molar-refractivity contribution in [1.82, 2.24) is 0 Å². The van der Waals surface area contributed by atoms with Crippen molar-refractivity contribution in [2.45, 2.75) is 20.1 Å². The van der Waals surface area contributed by atoms with Gasteiger partial charge in [-0.25, -0.2) is 0 Å². The third kappa shape index (κ3) is 3.26. The summed E-state index contributed by atoms with van der Waals surface area (Å²) in [7, 11) is 1.60. The van der Waals surface area contributed by atoms with Crippen LogP contribution in [0.3, 0.4) is 0 Å². The summed E-state index contributed by atoms with van der Waals surface area (Å²) in [5, 5.41) is 9.42. The van der Waals surface area contributed by atoms with Crippen LogP contribution < -0.4 is 9.47 Å². The van der Waals surface area contributed by atoms with Crippen molar-refractivity contribution < 1.29 is 14.6 Å². The van der Waals surface area contributed by atoms with Gasteiger partial charge in [0.05, 0.1) is 13.7 Å². The van der Waals surface area contributed by atoms with E-state index in [-0.39, 0.29) is 6.61 Å². The zero-order valence-corrected chi connectivity index (χ0v) is 11.2. The lowest BCUT2D eigenvalue weighted by Crippen LogP contribution is -2.01. The van der Waals surface area contributed by atoms with Crippen LogP contribution in [-0.4, -0.2) is 12.2 Å². The molecule has 0 aromatic heterocycles. The lowest BCUT2D eigenvalue weighted by molar-refractivity contribution is 0.249. The largest absolute Gasteiger partial charge is 0.493 e. The average molecular weight is 258 g/mol. The first-order chi connectivity index (χ1) is 9.24. The summed E-state index contributed by atoms with van der Waals surface area (Å²) < 4.78 is 11.1. The maximum atomic E-state index is 9.42. The fourth-order valence-corrected chi connectivity index (χ4v) is 1.98. The van der Waals surface area contributed by atoms with Crippen LogP contribution in [0.2, 0.25) is 0 Å². The molecule has 3 nitrogen and oxygen atoms in total. The van der Waals surface area contributed by atoms with E-state index in [1.165, 1.54) is 0 Å². The monoisotopic (exact) mass is 258 g/mol. The molecule has 19 heavy (non-hydrogen) atoms. The van der Waals surface area contributed by atoms with Gasteiger partial charge in [-0.1, -0.05) is 30.3 Å². The number of aliphatic hydroxyl groups excluding tert-OH is 1. The van der Waals surface area contributed by atoms with Crippen LogP contribution >= 0.6 is 0 Å². The Hall–Kier alpha value is -2.00. The van der Waals surface area contributed by atoms with Gasteiger partial charge in [0.15, 0.2) is 11.5 Å². The normalized spacial score (nSPS) is 10.3. The van der Waals surface area contributed by atoms with E-state index < -0.39 is 0 Å². The molecule has 0 amide bonds. The molecule has 1 N–H and O–H groups in total. The molecule has 3 heteroatoms. The zero-order valence-electron chi connectivity index (χ0n) is 11.2.